The molecule has 1 fully saturated rings. The molecule has 0 unspecified atom stereocenters. The van der Waals surface area contributed by atoms with E-state index in [-0.39, 0.29) is 17.3 Å². The van der Waals surface area contributed by atoms with Crippen molar-refractivity contribution < 1.29 is 13.2 Å². The van der Waals surface area contributed by atoms with Crippen LogP contribution in [0.4, 0.5) is 11.4 Å². The number of amides is 1. The Kier molecular flexibility index (Phi) is 6.75. The third kappa shape index (κ3) is 5.11. The van der Waals surface area contributed by atoms with Gasteiger partial charge in [-0.3, -0.25) is 9.10 Å². The van der Waals surface area contributed by atoms with Crippen molar-refractivity contribution in [2.24, 2.45) is 0 Å². The molecule has 0 aromatic heterocycles. The summed E-state index contributed by atoms with van der Waals surface area (Å²) in [6.07, 6.45) is 2.45. The van der Waals surface area contributed by atoms with Crippen LogP contribution in [0.2, 0.25) is 0 Å². The first-order chi connectivity index (χ1) is 15.5. The van der Waals surface area contributed by atoms with E-state index >= 15 is 0 Å². The Morgan fingerprint density at radius 2 is 1.44 bits per heavy atom. The molecule has 0 atom stereocenters. The van der Waals surface area contributed by atoms with Crippen molar-refractivity contribution >= 4 is 27.3 Å². The molecule has 3 aromatic carbocycles. The van der Waals surface area contributed by atoms with Gasteiger partial charge in [-0.2, -0.15) is 0 Å². The number of nitrogens with zero attached hydrogens (tertiary/aromatic N) is 2. The van der Waals surface area contributed by atoms with Gasteiger partial charge in [0.1, 0.15) is 6.54 Å². The standard InChI is InChI=1S/C25H27N3O3S/c29-25(26-19-21-13-15-22(16-14-21)27-17-7-8-18-27)20-28(23-9-3-1-4-10-23)32(30,31)24-11-5-2-6-12-24/h1-6,9-16H,7-8,17-20H2,(H,26,29). The molecule has 32 heavy (non-hydrogen) atoms. The lowest BCUT2D eigenvalue weighted by Crippen LogP contribution is -2.40. The van der Waals surface area contributed by atoms with Gasteiger partial charge in [-0.1, -0.05) is 48.5 Å². The minimum atomic E-state index is -3.88. The predicted octanol–water partition coefficient (Wildman–Crippen LogP) is 3.80. The van der Waals surface area contributed by atoms with Crippen LogP contribution >= 0.6 is 0 Å². The van der Waals surface area contributed by atoms with Gasteiger partial charge in [0.2, 0.25) is 5.91 Å². The normalized spacial score (nSPS) is 13.7. The van der Waals surface area contributed by atoms with E-state index in [0.29, 0.717) is 12.2 Å². The first kappa shape index (κ1) is 21.9. The Morgan fingerprint density at radius 1 is 0.844 bits per heavy atom. The molecule has 0 aliphatic carbocycles. The van der Waals surface area contributed by atoms with E-state index in [4.69, 9.17) is 0 Å². The third-order valence-corrected chi connectivity index (χ3v) is 7.35. The van der Waals surface area contributed by atoms with Gasteiger partial charge in [0.05, 0.1) is 10.6 Å². The molecule has 1 aliphatic heterocycles. The smallest absolute Gasteiger partial charge is 0.264 e. The summed E-state index contributed by atoms with van der Waals surface area (Å²) in [5, 5.41) is 2.85. The van der Waals surface area contributed by atoms with E-state index in [9.17, 15) is 13.2 Å². The first-order valence-corrected chi connectivity index (χ1v) is 12.2. The zero-order chi connectivity index (χ0) is 22.4. The Hall–Kier alpha value is -3.32. The second-order valence-electron chi connectivity index (χ2n) is 7.80. The first-order valence-electron chi connectivity index (χ1n) is 10.8. The summed E-state index contributed by atoms with van der Waals surface area (Å²) in [7, 11) is -3.88. The minimum absolute atomic E-state index is 0.147. The number of anilines is 2. The highest BCUT2D eigenvalue weighted by atomic mass is 32.2. The fourth-order valence-electron chi connectivity index (χ4n) is 3.82. The fraction of sp³-hybridized carbons (Fsp3) is 0.240. The van der Waals surface area contributed by atoms with Crippen LogP contribution in [-0.2, 0) is 21.4 Å². The molecule has 0 spiro atoms. The summed E-state index contributed by atoms with van der Waals surface area (Å²) >= 11 is 0. The van der Waals surface area contributed by atoms with E-state index in [2.05, 4.69) is 22.3 Å². The molecule has 3 aromatic rings. The van der Waals surface area contributed by atoms with Gasteiger partial charge in [0.25, 0.3) is 10.0 Å². The maximum absolute atomic E-state index is 13.2. The molecule has 1 amide bonds. The molecule has 7 heteroatoms. The molecule has 0 bridgehead atoms. The van der Waals surface area contributed by atoms with Crippen LogP contribution < -0.4 is 14.5 Å². The summed E-state index contributed by atoms with van der Waals surface area (Å²) in [6.45, 7) is 2.21. The molecule has 1 N–H and O–H groups in total. The summed E-state index contributed by atoms with van der Waals surface area (Å²) in [6, 6.07) is 25.0. The van der Waals surface area contributed by atoms with Crippen LogP contribution in [0.5, 0.6) is 0 Å². The average molecular weight is 450 g/mol. The Labute approximate surface area is 189 Å². The zero-order valence-electron chi connectivity index (χ0n) is 17.9. The number of nitrogens with one attached hydrogen (secondary N) is 1. The number of benzene rings is 3. The van der Waals surface area contributed by atoms with E-state index in [1.165, 1.54) is 30.7 Å². The number of hydrogen-bond donors (Lipinski definition) is 1. The number of sulfonamides is 1. The fourth-order valence-corrected chi connectivity index (χ4v) is 5.26. The number of rotatable bonds is 8. The highest BCUT2D eigenvalue weighted by Crippen LogP contribution is 2.23. The van der Waals surface area contributed by atoms with Crippen molar-refractivity contribution in [2.45, 2.75) is 24.3 Å². The summed E-state index contributed by atoms with van der Waals surface area (Å²) in [5.41, 5.74) is 2.61. The van der Waals surface area contributed by atoms with Crippen LogP contribution in [0.25, 0.3) is 0 Å². The lowest BCUT2D eigenvalue weighted by molar-refractivity contribution is -0.119. The quantitative estimate of drug-likeness (QED) is 0.568. The SMILES string of the molecule is O=C(CN(c1ccccc1)S(=O)(=O)c1ccccc1)NCc1ccc(N2CCCC2)cc1. The molecule has 0 radical (unpaired) electrons. The molecule has 6 nitrogen and oxygen atoms in total. The topological polar surface area (TPSA) is 69.7 Å². The van der Waals surface area contributed by atoms with E-state index < -0.39 is 10.0 Å². The number of hydrogen-bond acceptors (Lipinski definition) is 4. The highest BCUT2D eigenvalue weighted by Gasteiger charge is 2.26. The van der Waals surface area contributed by atoms with E-state index in [0.717, 1.165) is 23.0 Å². The molecule has 1 saturated heterocycles. The van der Waals surface area contributed by atoms with Crippen LogP contribution in [0.1, 0.15) is 18.4 Å². The van der Waals surface area contributed by atoms with E-state index in [1.54, 1.807) is 42.5 Å². The third-order valence-electron chi connectivity index (χ3n) is 5.56. The van der Waals surface area contributed by atoms with Gasteiger partial charge in [0.15, 0.2) is 0 Å². The van der Waals surface area contributed by atoms with Crippen molar-refractivity contribution in [3.05, 3.63) is 90.5 Å². The van der Waals surface area contributed by atoms with Crippen LogP contribution in [0.15, 0.2) is 89.8 Å². The molecule has 0 saturated carbocycles. The maximum atomic E-state index is 13.2. The largest absolute Gasteiger partial charge is 0.372 e. The summed E-state index contributed by atoms with van der Waals surface area (Å²) in [4.78, 5) is 15.2. The van der Waals surface area contributed by atoms with Gasteiger partial charge in [-0.15, -0.1) is 0 Å². The molecule has 166 valence electrons. The number of carbonyl (C=O) groups excluding carboxylic acids is 1. The van der Waals surface area contributed by atoms with Crippen molar-refractivity contribution in [1.29, 1.82) is 0 Å². The Bertz CT molecular complexity index is 1130. The Balaban J connectivity index is 1.45. The molecular weight excluding hydrogens is 422 g/mol. The van der Waals surface area contributed by atoms with Crippen LogP contribution in [0, 0.1) is 0 Å². The van der Waals surface area contributed by atoms with Crippen molar-refractivity contribution in [3.63, 3.8) is 0 Å². The lowest BCUT2D eigenvalue weighted by Gasteiger charge is -2.24. The summed E-state index contributed by atoms with van der Waals surface area (Å²) in [5.74, 6) is -0.364. The number of para-hydroxylation sites is 1. The van der Waals surface area contributed by atoms with Gasteiger partial charge >= 0.3 is 0 Å². The van der Waals surface area contributed by atoms with Crippen molar-refractivity contribution in [2.75, 3.05) is 28.8 Å². The lowest BCUT2D eigenvalue weighted by atomic mass is 10.2. The van der Waals surface area contributed by atoms with Gasteiger partial charge in [0, 0.05) is 25.3 Å². The molecule has 1 aliphatic rings. The minimum Gasteiger partial charge on any atom is -0.372 e. The molecule has 4 rings (SSSR count). The second-order valence-corrected chi connectivity index (χ2v) is 9.66. The molecule has 1 heterocycles. The summed E-state index contributed by atoms with van der Waals surface area (Å²) < 4.78 is 27.6. The maximum Gasteiger partial charge on any atom is 0.264 e. The zero-order valence-corrected chi connectivity index (χ0v) is 18.7. The predicted molar refractivity (Wildman–Crippen MR) is 127 cm³/mol. The second kappa shape index (κ2) is 9.87. The average Bonchev–Trinajstić information content (AvgIpc) is 3.38. The van der Waals surface area contributed by atoms with Crippen molar-refractivity contribution in [1.82, 2.24) is 5.32 Å². The van der Waals surface area contributed by atoms with Crippen LogP contribution in [0.3, 0.4) is 0 Å². The van der Waals surface area contributed by atoms with Crippen molar-refractivity contribution in [3.8, 4) is 0 Å². The van der Waals surface area contributed by atoms with Gasteiger partial charge in [-0.25, -0.2) is 8.42 Å². The van der Waals surface area contributed by atoms with Gasteiger partial charge in [-0.05, 0) is 54.8 Å². The van der Waals surface area contributed by atoms with Crippen LogP contribution in [-0.4, -0.2) is 34.0 Å². The van der Waals surface area contributed by atoms with E-state index in [1.807, 2.05) is 18.2 Å². The molecular formula is C25H27N3O3S. The Morgan fingerprint density at radius 3 is 2.06 bits per heavy atom. The highest BCUT2D eigenvalue weighted by molar-refractivity contribution is 7.92. The van der Waals surface area contributed by atoms with Gasteiger partial charge < -0.3 is 10.2 Å². The number of carbonyl (C=O) groups is 1. The monoisotopic (exact) mass is 449 g/mol.